The Hall–Kier alpha value is -0.870. The van der Waals surface area contributed by atoms with Crippen molar-refractivity contribution in [3.05, 3.63) is 56.2 Å². The molecule has 0 atom stereocenters. The number of hydrogen-bond donors (Lipinski definition) is 1. The lowest BCUT2D eigenvalue weighted by Crippen LogP contribution is -2.17. The highest BCUT2D eigenvalue weighted by molar-refractivity contribution is 7.12. The van der Waals surface area contributed by atoms with Gasteiger partial charge >= 0.3 is 0 Å². The van der Waals surface area contributed by atoms with Gasteiger partial charge in [0.1, 0.15) is 0 Å². The molecule has 0 unspecified atom stereocenters. The maximum Gasteiger partial charge on any atom is 0.0451 e. The quantitative estimate of drug-likeness (QED) is 0.865. The van der Waals surface area contributed by atoms with E-state index in [0.717, 1.165) is 24.7 Å². The van der Waals surface area contributed by atoms with Crippen molar-refractivity contribution in [2.24, 2.45) is 0 Å². The lowest BCUT2D eigenvalue weighted by molar-refractivity contribution is 0.319. The van der Waals surface area contributed by atoms with E-state index in [1.807, 2.05) is 36.6 Å². The van der Waals surface area contributed by atoms with E-state index in [1.165, 1.54) is 20.9 Å². The molecule has 0 saturated heterocycles. The lowest BCUT2D eigenvalue weighted by atomic mass is 10.2. The molecule has 1 aromatic carbocycles. The standard InChI is InChI=1S/C16H21ClN2S/c1-12-14(8-15(20-12)9-18-2)11-19(3)10-13-6-4-5-7-16(13)17/h4-8,18H,9-11H2,1-3H3. The summed E-state index contributed by atoms with van der Waals surface area (Å²) in [7, 11) is 4.12. The first kappa shape index (κ1) is 15.5. The van der Waals surface area contributed by atoms with Gasteiger partial charge in [-0.2, -0.15) is 0 Å². The summed E-state index contributed by atoms with van der Waals surface area (Å²) in [5.74, 6) is 0. The van der Waals surface area contributed by atoms with Crippen molar-refractivity contribution in [2.75, 3.05) is 14.1 Å². The summed E-state index contributed by atoms with van der Waals surface area (Å²) in [5.41, 5.74) is 2.59. The molecule has 20 heavy (non-hydrogen) atoms. The molecule has 2 rings (SSSR count). The van der Waals surface area contributed by atoms with E-state index in [1.54, 1.807) is 0 Å². The molecule has 1 N–H and O–H groups in total. The number of halogens is 1. The van der Waals surface area contributed by atoms with Gasteiger partial charge in [-0.15, -0.1) is 11.3 Å². The Kier molecular flexibility index (Phi) is 5.61. The third-order valence-electron chi connectivity index (χ3n) is 3.26. The Morgan fingerprint density at radius 2 is 1.90 bits per heavy atom. The highest BCUT2D eigenvalue weighted by atomic mass is 35.5. The van der Waals surface area contributed by atoms with Gasteiger partial charge in [0.2, 0.25) is 0 Å². The summed E-state index contributed by atoms with van der Waals surface area (Å²) in [6.45, 7) is 4.97. The largest absolute Gasteiger partial charge is 0.315 e. The lowest BCUT2D eigenvalue weighted by Gasteiger charge is -2.17. The smallest absolute Gasteiger partial charge is 0.0451 e. The predicted molar refractivity (Wildman–Crippen MR) is 88.4 cm³/mol. The van der Waals surface area contributed by atoms with E-state index in [0.29, 0.717) is 0 Å². The van der Waals surface area contributed by atoms with Gasteiger partial charge in [-0.05, 0) is 44.3 Å². The van der Waals surface area contributed by atoms with E-state index >= 15 is 0 Å². The second-order valence-corrected chi connectivity index (χ2v) is 6.84. The van der Waals surface area contributed by atoms with E-state index in [4.69, 9.17) is 11.6 Å². The molecule has 0 radical (unpaired) electrons. The van der Waals surface area contributed by atoms with Crippen LogP contribution in [0.5, 0.6) is 0 Å². The zero-order valence-electron chi connectivity index (χ0n) is 12.2. The molecule has 2 nitrogen and oxygen atoms in total. The van der Waals surface area contributed by atoms with Gasteiger partial charge in [-0.3, -0.25) is 4.90 Å². The molecule has 1 heterocycles. The van der Waals surface area contributed by atoms with Crippen LogP contribution in [0.3, 0.4) is 0 Å². The van der Waals surface area contributed by atoms with Crippen LogP contribution < -0.4 is 5.32 Å². The molecule has 2 aromatic rings. The summed E-state index contributed by atoms with van der Waals surface area (Å²) in [4.78, 5) is 5.10. The normalized spacial score (nSPS) is 11.2. The van der Waals surface area contributed by atoms with Crippen molar-refractivity contribution in [3.63, 3.8) is 0 Å². The first-order valence-electron chi connectivity index (χ1n) is 6.75. The average Bonchev–Trinajstić information content (AvgIpc) is 2.73. The van der Waals surface area contributed by atoms with Crippen LogP contribution in [0.25, 0.3) is 0 Å². The van der Waals surface area contributed by atoms with Crippen molar-refractivity contribution in [3.8, 4) is 0 Å². The predicted octanol–water partition coefficient (Wildman–Crippen LogP) is 4.06. The van der Waals surface area contributed by atoms with Crippen molar-refractivity contribution in [2.45, 2.75) is 26.6 Å². The highest BCUT2D eigenvalue weighted by Gasteiger charge is 2.09. The van der Waals surface area contributed by atoms with Crippen molar-refractivity contribution < 1.29 is 0 Å². The maximum atomic E-state index is 6.22. The average molecular weight is 309 g/mol. The maximum absolute atomic E-state index is 6.22. The molecule has 0 saturated carbocycles. The summed E-state index contributed by atoms with van der Waals surface area (Å²) in [6.07, 6.45) is 0. The fourth-order valence-corrected chi connectivity index (χ4v) is 3.53. The molecule has 108 valence electrons. The first-order chi connectivity index (χ1) is 9.60. The molecular weight excluding hydrogens is 288 g/mol. The number of benzene rings is 1. The van der Waals surface area contributed by atoms with Crippen LogP contribution in [0, 0.1) is 6.92 Å². The minimum absolute atomic E-state index is 0.845. The molecular formula is C16H21ClN2S. The summed E-state index contributed by atoms with van der Waals surface area (Å²) in [5, 5.41) is 4.05. The van der Waals surface area contributed by atoms with Gasteiger partial charge in [-0.1, -0.05) is 29.8 Å². The third-order valence-corrected chi connectivity index (χ3v) is 4.72. The fraction of sp³-hybridized carbons (Fsp3) is 0.375. The van der Waals surface area contributed by atoms with Gasteiger partial charge in [-0.25, -0.2) is 0 Å². The zero-order chi connectivity index (χ0) is 14.5. The minimum atomic E-state index is 0.845. The molecule has 0 amide bonds. The fourth-order valence-electron chi connectivity index (χ4n) is 2.27. The number of thiophene rings is 1. The Bertz CT molecular complexity index is 565. The molecule has 0 bridgehead atoms. The molecule has 1 aromatic heterocycles. The van der Waals surface area contributed by atoms with E-state index in [-0.39, 0.29) is 0 Å². The number of rotatable bonds is 6. The molecule has 0 spiro atoms. The Balaban J connectivity index is 2.01. The Morgan fingerprint density at radius 3 is 2.60 bits per heavy atom. The van der Waals surface area contributed by atoms with Crippen LogP contribution in [0.15, 0.2) is 30.3 Å². The van der Waals surface area contributed by atoms with Gasteiger partial charge in [0, 0.05) is 34.4 Å². The SMILES string of the molecule is CNCc1cc(CN(C)Cc2ccccc2Cl)c(C)s1. The van der Waals surface area contributed by atoms with Crippen LogP contribution in [-0.2, 0) is 19.6 Å². The second kappa shape index (κ2) is 7.23. The Morgan fingerprint density at radius 1 is 1.20 bits per heavy atom. The van der Waals surface area contributed by atoms with Crippen LogP contribution in [0.2, 0.25) is 5.02 Å². The summed E-state index contributed by atoms with van der Waals surface area (Å²) >= 11 is 8.09. The van der Waals surface area contributed by atoms with Gasteiger partial charge in [0.05, 0.1) is 0 Å². The highest BCUT2D eigenvalue weighted by Crippen LogP contribution is 2.24. The van der Waals surface area contributed by atoms with Gasteiger partial charge in [0.25, 0.3) is 0 Å². The summed E-state index contributed by atoms with van der Waals surface area (Å²) < 4.78 is 0. The van der Waals surface area contributed by atoms with Crippen LogP contribution in [0.4, 0.5) is 0 Å². The van der Waals surface area contributed by atoms with E-state index < -0.39 is 0 Å². The van der Waals surface area contributed by atoms with Crippen molar-refractivity contribution in [1.29, 1.82) is 0 Å². The van der Waals surface area contributed by atoms with Crippen molar-refractivity contribution in [1.82, 2.24) is 10.2 Å². The third kappa shape index (κ3) is 4.06. The molecule has 0 fully saturated rings. The number of nitrogens with zero attached hydrogens (tertiary/aromatic N) is 1. The van der Waals surface area contributed by atoms with Crippen LogP contribution >= 0.6 is 22.9 Å². The number of aryl methyl sites for hydroxylation is 1. The van der Waals surface area contributed by atoms with Gasteiger partial charge in [0.15, 0.2) is 0 Å². The van der Waals surface area contributed by atoms with Crippen LogP contribution in [-0.4, -0.2) is 19.0 Å². The molecule has 0 aliphatic rings. The minimum Gasteiger partial charge on any atom is -0.315 e. The van der Waals surface area contributed by atoms with E-state index in [9.17, 15) is 0 Å². The summed E-state index contributed by atoms with van der Waals surface area (Å²) in [6, 6.07) is 10.4. The van der Waals surface area contributed by atoms with Crippen molar-refractivity contribution >= 4 is 22.9 Å². The molecule has 0 aliphatic heterocycles. The van der Waals surface area contributed by atoms with E-state index in [2.05, 4.69) is 36.3 Å². The monoisotopic (exact) mass is 308 g/mol. The first-order valence-corrected chi connectivity index (χ1v) is 7.94. The number of nitrogens with one attached hydrogen (secondary N) is 1. The Labute approximate surface area is 130 Å². The molecule has 0 aliphatic carbocycles. The second-order valence-electron chi connectivity index (χ2n) is 5.09. The topological polar surface area (TPSA) is 15.3 Å². The number of hydrogen-bond acceptors (Lipinski definition) is 3. The van der Waals surface area contributed by atoms with Gasteiger partial charge < -0.3 is 5.32 Å². The molecule has 4 heteroatoms. The zero-order valence-corrected chi connectivity index (χ0v) is 13.8. The van der Waals surface area contributed by atoms with Crippen LogP contribution in [0.1, 0.15) is 20.9 Å².